The molecule has 2 aromatic rings. The fourth-order valence-corrected chi connectivity index (χ4v) is 5.10. The van der Waals surface area contributed by atoms with E-state index >= 15 is 0 Å². The van der Waals surface area contributed by atoms with Crippen LogP contribution in [0.5, 0.6) is 0 Å². The highest BCUT2D eigenvalue weighted by Crippen LogP contribution is 2.24. The van der Waals surface area contributed by atoms with Crippen LogP contribution in [-0.4, -0.2) is 68.1 Å². The number of rotatable bonds is 9. The molecule has 7 nitrogen and oxygen atoms in total. The van der Waals surface area contributed by atoms with Gasteiger partial charge in [0.1, 0.15) is 6.04 Å². The summed E-state index contributed by atoms with van der Waals surface area (Å²) in [6, 6.07) is 15.7. The molecule has 2 heterocycles. The number of benzene rings is 2. The summed E-state index contributed by atoms with van der Waals surface area (Å²) in [5, 5.41) is 5.98. The van der Waals surface area contributed by atoms with Crippen LogP contribution in [0.4, 0.5) is 17.1 Å². The van der Waals surface area contributed by atoms with E-state index < -0.39 is 6.04 Å². The molecule has 2 aromatic carbocycles. The molecule has 0 radical (unpaired) electrons. The summed E-state index contributed by atoms with van der Waals surface area (Å²) < 4.78 is 0. The van der Waals surface area contributed by atoms with Gasteiger partial charge in [-0.1, -0.05) is 19.4 Å². The van der Waals surface area contributed by atoms with Gasteiger partial charge in [0.25, 0.3) is 5.91 Å². The molecule has 2 aliphatic rings. The smallest absolute Gasteiger partial charge is 0.251 e. The van der Waals surface area contributed by atoms with Crippen LogP contribution in [0.3, 0.4) is 0 Å². The van der Waals surface area contributed by atoms with Gasteiger partial charge >= 0.3 is 0 Å². The standard InChI is InChI=1S/C29H41N5O2/c1-4-8-27(29(36)30-24-9-7-10-26(21-24)33-15-5-6-16-33)31-28(35)23-11-13-25(14-12-23)34-19-17-32(18-20-34)22(2)3/h7,9-14,21-22,27H,4-6,8,15-20H2,1-3H3,(H,30,36)(H,31,35). The van der Waals surface area contributed by atoms with Gasteiger partial charge in [-0.2, -0.15) is 0 Å². The van der Waals surface area contributed by atoms with Crippen LogP contribution in [0.25, 0.3) is 0 Å². The lowest BCUT2D eigenvalue weighted by Gasteiger charge is -2.38. The second kappa shape index (κ2) is 12.3. The van der Waals surface area contributed by atoms with Gasteiger partial charge in [0.2, 0.25) is 5.91 Å². The van der Waals surface area contributed by atoms with Crippen LogP contribution in [0.2, 0.25) is 0 Å². The van der Waals surface area contributed by atoms with Crippen molar-refractivity contribution in [2.75, 3.05) is 54.4 Å². The minimum Gasteiger partial charge on any atom is -0.371 e. The largest absolute Gasteiger partial charge is 0.371 e. The van der Waals surface area contributed by atoms with Crippen LogP contribution >= 0.6 is 0 Å². The average molecular weight is 492 g/mol. The number of anilines is 3. The zero-order valence-electron chi connectivity index (χ0n) is 22.0. The summed E-state index contributed by atoms with van der Waals surface area (Å²) in [5.41, 5.74) is 3.61. The highest BCUT2D eigenvalue weighted by molar-refractivity contribution is 6.01. The van der Waals surface area contributed by atoms with Crippen LogP contribution in [0.1, 0.15) is 56.8 Å². The molecule has 2 fully saturated rings. The van der Waals surface area contributed by atoms with Gasteiger partial charge in [0.15, 0.2) is 0 Å². The first kappa shape index (κ1) is 26.0. The fourth-order valence-electron chi connectivity index (χ4n) is 5.10. The van der Waals surface area contributed by atoms with E-state index in [1.54, 1.807) is 0 Å². The molecule has 2 saturated heterocycles. The van der Waals surface area contributed by atoms with E-state index in [-0.39, 0.29) is 11.8 Å². The quantitative estimate of drug-likeness (QED) is 0.546. The number of amides is 2. The Morgan fingerprint density at radius 3 is 2.17 bits per heavy atom. The van der Waals surface area contributed by atoms with Gasteiger partial charge in [-0.15, -0.1) is 0 Å². The number of nitrogens with one attached hydrogen (secondary N) is 2. The minimum atomic E-state index is -0.582. The molecule has 7 heteroatoms. The Labute approximate surface area is 215 Å². The van der Waals surface area contributed by atoms with Gasteiger partial charge in [-0.3, -0.25) is 14.5 Å². The lowest BCUT2D eigenvalue weighted by molar-refractivity contribution is -0.118. The third kappa shape index (κ3) is 6.58. The maximum atomic E-state index is 13.1. The highest BCUT2D eigenvalue weighted by atomic mass is 16.2. The van der Waals surface area contributed by atoms with Gasteiger partial charge in [0, 0.05) is 67.9 Å². The van der Waals surface area contributed by atoms with Crippen molar-refractivity contribution in [2.24, 2.45) is 0 Å². The van der Waals surface area contributed by atoms with Crippen molar-refractivity contribution in [2.45, 2.75) is 58.5 Å². The van der Waals surface area contributed by atoms with Gasteiger partial charge in [-0.05, 0) is 75.6 Å². The third-order valence-electron chi connectivity index (χ3n) is 7.32. The van der Waals surface area contributed by atoms with E-state index in [2.05, 4.69) is 45.2 Å². The van der Waals surface area contributed by atoms with Crippen molar-refractivity contribution >= 4 is 28.9 Å². The van der Waals surface area contributed by atoms with Gasteiger partial charge in [0.05, 0.1) is 0 Å². The summed E-state index contributed by atoms with van der Waals surface area (Å²) in [4.78, 5) is 33.3. The molecule has 194 valence electrons. The van der Waals surface area contributed by atoms with Crippen molar-refractivity contribution in [3.05, 3.63) is 54.1 Å². The summed E-state index contributed by atoms with van der Waals surface area (Å²) >= 11 is 0. The molecule has 2 N–H and O–H groups in total. The molecule has 0 aromatic heterocycles. The first-order chi connectivity index (χ1) is 17.4. The van der Waals surface area contributed by atoms with Crippen molar-refractivity contribution in [1.82, 2.24) is 10.2 Å². The number of carbonyl (C=O) groups is 2. The Morgan fingerprint density at radius 1 is 0.861 bits per heavy atom. The van der Waals surface area contributed by atoms with Crippen LogP contribution in [0.15, 0.2) is 48.5 Å². The van der Waals surface area contributed by atoms with E-state index in [0.717, 1.165) is 62.8 Å². The predicted molar refractivity (Wildman–Crippen MR) is 148 cm³/mol. The van der Waals surface area contributed by atoms with Crippen LogP contribution in [-0.2, 0) is 4.79 Å². The molecule has 2 aliphatic heterocycles. The minimum absolute atomic E-state index is 0.177. The predicted octanol–water partition coefficient (Wildman–Crippen LogP) is 4.35. The van der Waals surface area contributed by atoms with E-state index in [1.165, 1.54) is 12.8 Å². The molecule has 4 rings (SSSR count). The van der Waals surface area contributed by atoms with E-state index in [4.69, 9.17) is 0 Å². The number of carbonyl (C=O) groups excluding carboxylic acids is 2. The van der Waals surface area contributed by atoms with Gasteiger partial charge in [-0.25, -0.2) is 0 Å². The topological polar surface area (TPSA) is 67.9 Å². The maximum Gasteiger partial charge on any atom is 0.251 e. The second-order valence-corrected chi connectivity index (χ2v) is 10.2. The maximum absolute atomic E-state index is 13.1. The lowest BCUT2D eigenvalue weighted by atomic mass is 10.1. The summed E-state index contributed by atoms with van der Waals surface area (Å²) in [6.45, 7) is 12.7. The molecule has 2 amide bonds. The Kier molecular flexibility index (Phi) is 8.86. The Balaban J connectivity index is 1.35. The molecule has 36 heavy (non-hydrogen) atoms. The lowest BCUT2D eigenvalue weighted by Crippen LogP contribution is -2.48. The average Bonchev–Trinajstić information content (AvgIpc) is 3.44. The van der Waals surface area contributed by atoms with E-state index in [9.17, 15) is 9.59 Å². The highest BCUT2D eigenvalue weighted by Gasteiger charge is 2.23. The molecule has 1 atom stereocenters. The molecular weight excluding hydrogens is 450 g/mol. The van der Waals surface area contributed by atoms with Crippen molar-refractivity contribution in [3.63, 3.8) is 0 Å². The van der Waals surface area contributed by atoms with Crippen molar-refractivity contribution in [3.8, 4) is 0 Å². The fraction of sp³-hybridized carbons (Fsp3) is 0.517. The number of hydrogen-bond acceptors (Lipinski definition) is 5. The monoisotopic (exact) mass is 491 g/mol. The second-order valence-electron chi connectivity index (χ2n) is 10.2. The zero-order valence-corrected chi connectivity index (χ0v) is 22.0. The normalized spacial score (nSPS) is 17.3. The van der Waals surface area contributed by atoms with Crippen molar-refractivity contribution < 1.29 is 9.59 Å². The SMILES string of the molecule is CCCC(NC(=O)c1ccc(N2CCN(C(C)C)CC2)cc1)C(=O)Nc1cccc(N2CCCC2)c1. The van der Waals surface area contributed by atoms with Crippen LogP contribution < -0.4 is 20.4 Å². The summed E-state index contributed by atoms with van der Waals surface area (Å²) in [6.07, 6.45) is 3.79. The first-order valence-corrected chi connectivity index (χ1v) is 13.5. The molecule has 0 aliphatic carbocycles. The van der Waals surface area contributed by atoms with Gasteiger partial charge < -0.3 is 20.4 Å². The Bertz CT molecular complexity index is 1010. The summed E-state index contributed by atoms with van der Waals surface area (Å²) in [5.74, 6) is -0.394. The Morgan fingerprint density at radius 2 is 1.53 bits per heavy atom. The van der Waals surface area contributed by atoms with E-state index in [1.807, 2.05) is 49.4 Å². The van der Waals surface area contributed by atoms with Crippen molar-refractivity contribution in [1.29, 1.82) is 0 Å². The number of hydrogen-bond donors (Lipinski definition) is 2. The zero-order chi connectivity index (χ0) is 25.5. The number of piperazine rings is 1. The third-order valence-corrected chi connectivity index (χ3v) is 7.32. The Hall–Kier alpha value is -3.06. The molecule has 0 spiro atoms. The van der Waals surface area contributed by atoms with Crippen LogP contribution in [0, 0.1) is 0 Å². The first-order valence-electron chi connectivity index (χ1n) is 13.5. The van der Waals surface area contributed by atoms with E-state index in [0.29, 0.717) is 18.0 Å². The number of nitrogens with zero attached hydrogens (tertiary/aromatic N) is 3. The molecular formula is C29H41N5O2. The summed E-state index contributed by atoms with van der Waals surface area (Å²) in [7, 11) is 0. The molecule has 0 bridgehead atoms. The molecule has 1 unspecified atom stereocenters. The molecule has 0 saturated carbocycles.